The van der Waals surface area contributed by atoms with Crippen LogP contribution in [0, 0.1) is 6.92 Å². The van der Waals surface area contributed by atoms with Crippen LogP contribution in [0.5, 0.6) is 0 Å². The van der Waals surface area contributed by atoms with E-state index in [1.165, 1.54) is 49.7 Å². The summed E-state index contributed by atoms with van der Waals surface area (Å²) in [4.78, 5) is 13.1. The van der Waals surface area contributed by atoms with Crippen molar-refractivity contribution in [1.82, 2.24) is 9.62 Å². The molecule has 1 aromatic carbocycles. The molecule has 0 radical (unpaired) electrons. The molecule has 0 spiro atoms. The summed E-state index contributed by atoms with van der Waals surface area (Å²) < 4.78 is 25.1. The van der Waals surface area contributed by atoms with Gasteiger partial charge in [-0.05, 0) is 48.2 Å². The molecule has 1 amide bonds. The average molecular weight is 368 g/mol. The smallest absolute Gasteiger partial charge is 0.251 e. The van der Waals surface area contributed by atoms with E-state index in [2.05, 4.69) is 5.32 Å². The molecule has 0 saturated carbocycles. The minimum atomic E-state index is -3.52. The SMILES string of the molecule is Cc1ccsc1[C@@H](O)CNC(=O)c1ccc(S(=O)(=O)N(C)C)cc1. The van der Waals surface area contributed by atoms with Crippen molar-refractivity contribution in [3.05, 3.63) is 51.7 Å². The summed E-state index contributed by atoms with van der Waals surface area (Å²) in [5.41, 5.74) is 1.32. The minimum absolute atomic E-state index is 0.0952. The van der Waals surface area contributed by atoms with E-state index in [-0.39, 0.29) is 17.3 Å². The van der Waals surface area contributed by atoms with Gasteiger partial charge < -0.3 is 10.4 Å². The van der Waals surface area contributed by atoms with Gasteiger partial charge in [-0.25, -0.2) is 12.7 Å². The van der Waals surface area contributed by atoms with Crippen molar-refractivity contribution in [3.63, 3.8) is 0 Å². The predicted molar refractivity (Wildman–Crippen MR) is 93.7 cm³/mol. The number of hydrogen-bond donors (Lipinski definition) is 2. The number of hydrogen-bond acceptors (Lipinski definition) is 5. The zero-order valence-electron chi connectivity index (χ0n) is 13.7. The van der Waals surface area contributed by atoms with Gasteiger partial charge in [-0.15, -0.1) is 11.3 Å². The molecule has 2 N–H and O–H groups in total. The van der Waals surface area contributed by atoms with Crippen molar-refractivity contribution in [2.24, 2.45) is 0 Å². The number of nitrogens with zero attached hydrogens (tertiary/aromatic N) is 1. The molecule has 0 saturated heterocycles. The number of carbonyl (C=O) groups excluding carboxylic acids is 1. The Morgan fingerprint density at radius 2 is 1.88 bits per heavy atom. The number of amides is 1. The second kappa shape index (κ2) is 7.43. The number of aliphatic hydroxyl groups excluding tert-OH is 1. The van der Waals surface area contributed by atoms with Crippen molar-refractivity contribution in [1.29, 1.82) is 0 Å². The molecule has 0 aliphatic carbocycles. The molecule has 6 nitrogen and oxygen atoms in total. The topological polar surface area (TPSA) is 86.7 Å². The molecule has 2 rings (SSSR count). The number of thiophene rings is 1. The van der Waals surface area contributed by atoms with E-state index < -0.39 is 16.1 Å². The molecular formula is C16H20N2O4S2. The lowest BCUT2D eigenvalue weighted by molar-refractivity contribution is 0.0917. The van der Waals surface area contributed by atoms with Crippen LogP contribution >= 0.6 is 11.3 Å². The Morgan fingerprint density at radius 1 is 1.25 bits per heavy atom. The van der Waals surface area contributed by atoms with Crippen LogP contribution in [0.4, 0.5) is 0 Å². The summed E-state index contributed by atoms with van der Waals surface area (Å²) >= 11 is 1.44. The van der Waals surface area contributed by atoms with Crippen LogP contribution in [0.15, 0.2) is 40.6 Å². The van der Waals surface area contributed by atoms with Gasteiger partial charge in [0.05, 0.1) is 4.90 Å². The standard InChI is InChI=1S/C16H20N2O4S2/c1-11-8-9-23-15(11)14(19)10-17-16(20)12-4-6-13(7-5-12)24(21,22)18(2)3/h4-9,14,19H,10H2,1-3H3,(H,17,20)/t14-/m0/s1. The first kappa shape index (κ1) is 18.6. The fraction of sp³-hybridized carbons (Fsp3) is 0.312. The Morgan fingerprint density at radius 3 is 2.38 bits per heavy atom. The lowest BCUT2D eigenvalue weighted by Crippen LogP contribution is -2.28. The summed E-state index contributed by atoms with van der Waals surface area (Å²) in [6.07, 6.45) is -0.762. The third-order valence-electron chi connectivity index (χ3n) is 3.56. The molecule has 0 unspecified atom stereocenters. The second-order valence-electron chi connectivity index (χ2n) is 5.51. The normalized spacial score (nSPS) is 13.0. The molecule has 0 bridgehead atoms. The maximum atomic E-state index is 12.1. The third-order valence-corrected chi connectivity index (χ3v) is 6.50. The van der Waals surface area contributed by atoms with Gasteiger partial charge in [0, 0.05) is 31.1 Å². The second-order valence-corrected chi connectivity index (χ2v) is 8.61. The highest BCUT2D eigenvalue weighted by atomic mass is 32.2. The number of rotatable bonds is 6. The number of sulfonamides is 1. The Balaban J connectivity index is 2.02. The zero-order valence-corrected chi connectivity index (χ0v) is 15.3. The van der Waals surface area contributed by atoms with Crippen molar-refractivity contribution >= 4 is 27.3 Å². The van der Waals surface area contributed by atoms with Crippen LogP contribution in [-0.2, 0) is 10.0 Å². The summed E-state index contributed by atoms with van der Waals surface area (Å²) in [5, 5.41) is 14.7. The van der Waals surface area contributed by atoms with Gasteiger partial charge in [0.15, 0.2) is 0 Å². The highest BCUT2D eigenvalue weighted by Crippen LogP contribution is 2.23. The van der Waals surface area contributed by atoms with Crippen molar-refractivity contribution in [2.45, 2.75) is 17.9 Å². The molecule has 0 aliphatic rings. The molecule has 0 fully saturated rings. The molecule has 24 heavy (non-hydrogen) atoms. The first-order valence-corrected chi connectivity index (χ1v) is 9.58. The van der Waals surface area contributed by atoms with Gasteiger partial charge in [-0.3, -0.25) is 4.79 Å². The maximum absolute atomic E-state index is 12.1. The van der Waals surface area contributed by atoms with E-state index in [4.69, 9.17) is 0 Å². The molecule has 1 aromatic heterocycles. The molecule has 1 heterocycles. The fourth-order valence-corrected chi connectivity index (χ4v) is 3.91. The van der Waals surface area contributed by atoms with Gasteiger partial charge in [0.25, 0.3) is 5.91 Å². The van der Waals surface area contributed by atoms with Crippen LogP contribution in [-0.4, -0.2) is 44.4 Å². The van der Waals surface area contributed by atoms with Crippen LogP contribution in [0.1, 0.15) is 26.9 Å². The van der Waals surface area contributed by atoms with E-state index in [9.17, 15) is 18.3 Å². The Labute approximate surface area is 145 Å². The monoisotopic (exact) mass is 368 g/mol. The summed E-state index contributed by atoms with van der Waals surface area (Å²) in [6.45, 7) is 2.00. The van der Waals surface area contributed by atoms with Gasteiger partial charge in [0.1, 0.15) is 6.10 Å². The summed E-state index contributed by atoms with van der Waals surface area (Å²) in [6, 6.07) is 7.60. The summed E-state index contributed by atoms with van der Waals surface area (Å²) in [5.74, 6) is -0.364. The van der Waals surface area contributed by atoms with Gasteiger partial charge >= 0.3 is 0 Å². The zero-order chi connectivity index (χ0) is 17.9. The third kappa shape index (κ3) is 4.02. The van der Waals surface area contributed by atoms with E-state index in [0.717, 1.165) is 14.7 Å². The minimum Gasteiger partial charge on any atom is -0.386 e. The van der Waals surface area contributed by atoms with Crippen molar-refractivity contribution in [3.8, 4) is 0 Å². The Kier molecular flexibility index (Phi) is 5.76. The predicted octanol–water partition coefficient (Wildman–Crippen LogP) is 1.77. The van der Waals surface area contributed by atoms with Crippen molar-refractivity contribution < 1.29 is 18.3 Å². The highest BCUT2D eigenvalue weighted by molar-refractivity contribution is 7.89. The van der Waals surface area contributed by atoms with Crippen LogP contribution in [0.2, 0.25) is 0 Å². The molecular weight excluding hydrogens is 348 g/mol. The van der Waals surface area contributed by atoms with Crippen LogP contribution in [0.3, 0.4) is 0 Å². The van der Waals surface area contributed by atoms with Crippen LogP contribution in [0.25, 0.3) is 0 Å². The Bertz CT molecular complexity index is 811. The van der Waals surface area contributed by atoms with Gasteiger partial charge in [0.2, 0.25) is 10.0 Å². The number of carbonyl (C=O) groups is 1. The number of nitrogens with one attached hydrogen (secondary N) is 1. The van der Waals surface area contributed by atoms with E-state index in [1.54, 1.807) is 0 Å². The van der Waals surface area contributed by atoms with Gasteiger partial charge in [-0.2, -0.15) is 0 Å². The number of aryl methyl sites for hydroxylation is 1. The van der Waals surface area contributed by atoms with E-state index >= 15 is 0 Å². The van der Waals surface area contributed by atoms with Crippen molar-refractivity contribution in [2.75, 3.05) is 20.6 Å². The molecule has 1 atom stereocenters. The highest BCUT2D eigenvalue weighted by Gasteiger charge is 2.18. The molecule has 0 aliphatic heterocycles. The Hall–Kier alpha value is -1.74. The lowest BCUT2D eigenvalue weighted by atomic mass is 10.2. The largest absolute Gasteiger partial charge is 0.386 e. The molecule has 130 valence electrons. The van der Waals surface area contributed by atoms with E-state index in [0.29, 0.717) is 5.56 Å². The van der Waals surface area contributed by atoms with Gasteiger partial charge in [-0.1, -0.05) is 0 Å². The van der Waals surface area contributed by atoms with E-state index in [1.807, 2.05) is 18.4 Å². The first-order chi connectivity index (χ1) is 11.2. The molecule has 2 aromatic rings. The number of benzene rings is 1. The lowest BCUT2D eigenvalue weighted by Gasteiger charge is -2.13. The quantitative estimate of drug-likeness (QED) is 0.814. The molecule has 8 heteroatoms. The summed E-state index contributed by atoms with van der Waals surface area (Å²) in [7, 11) is -0.620. The first-order valence-electron chi connectivity index (χ1n) is 7.26. The van der Waals surface area contributed by atoms with Crippen LogP contribution < -0.4 is 5.32 Å². The fourth-order valence-electron chi connectivity index (χ4n) is 2.10. The average Bonchev–Trinajstić information content (AvgIpc) is 2.98. The maximum Gasteiger partial charge on any atom is 0.251 e. The number of aliphatic hydroxyl groups is 1.